The molecule has 0 aromatic carbocycles. The van der Waals surface area contributed by atoms with Gasteiger partial charge in [-0.05, 0) is 32.0 Å². The van der Waals surface area contributed by atoms with Crippen LogP contribution in [0.1, 0.15) is 25.5 Å². The molecule has 1 aromatic heterocycles. The van der Waals surface area contributed by atoms with Gasteiger partial charge in [-0.3, -0.25) is 19.5 Å². The molecule has 124 valence electrons. The van der Waals surface area contributed by atoms with Crippen LogP contribution in [-0.4, -0.2) is 70.3 Å². The van der Waals surface area contributed by atoms with E-state index < -0.39 is 0 Å². The molecule has 23 heavy (non-hydrogen) atoms. The number of hydrogen-bond donors (Lipinski definition) is 0. The van der Waals surface area contributed by atoms with Crippen molar-refractivity contribution in [3.05, 3.63) is 30.1 Å². The molecule has 2 amide bonds. The molecule has 6 heteroatoms. The number of likely N-dealkylation sites (N-methyl/N-ethyl adjacent to an activating group) is 1. The van der Waals surface area contributed by atoms with Crippen molar-refractivity contribution in [1.29, 1.82) is 0 Å². The lowest BCUT2D eigenvalue weighted by Gasteiger charge is -2.40. The molecule has 2 heterocycles. The van der Waals surface area contributed by atoms with Gasteiger partial charge in [-0.15, -0.1) is 0 Å². The van der Waals surface area contributed by atoms with Crippen LogP contribution in [0.25, 0.3) is 0 Å². The smallest absolute Gasteiger partial charge is 0.242 e. The molecule has 1 saturated carbocycles. The predicted molar refractivity (Wildman–Crippen MR) is 86.5 cm³/mol. The summed E-state index contributed by atoms with van der Waals surface area (Å²) in [4.78, 5) is 34.9. The van der Waals surface area contributed by atoms with Crippen LogP contribution >= 0.6 is 0 Å². The molecular formula is C17H24N4O2. The van der Waals surface area contributed by atoms with Gasteiger partial charge < -0.3 is 9.80 Å². The van der Waals surface area contributed by atoms with E-state index >= 15 is 0 Å². The minimum atomic E-state index is -0.253. The van der Waals surface area contributed by atoms with Crippen molar-refractivity contribution >= 4 is 11.8 Å². The summed E-state index contributed by atoms with van der Waals surface area (Å²) in [5.41, 5.74) is 0.912. The van der Waals surface area contributed by atoms with Crippen molar-refractivity contribution in [1.82, 2.24) is 19.7 Å². The van der Waals surface area contributed by atoms with Gasteiger partial charge in [0, 0.05) is 38.8 Å². The van der Waals surface area contributed by atoms with Crippen molar-refractivity contribution in [3.63, 3.8) is 0 Å². The molecule has 1 unspecified atom stereocenters. The van der Waals surface area contributed by atoms with Crippen LogP contribution in [0.2, 0.25) is 0 Å². The second-order valence-corrected chi connectivity index (χ2v) is 6.48. The summed E-state index contributed by atoms with van der Waals surface area (Å²) < 4.78 is 0. The summed E-state index contributed by atoms with van der Waals surface area (Å²) in [5, 5.41) is 0. The minimum absolute atomic E-state index is 0.0404. The minimum Gasteiger partial charge on any atom is -0.340 e. The molecule has 1 aliphatic carbocycles. The molecule has 1 saturated heterocycles. The van der Waals surface area contributed by atoms with Crippen molar-refractivity contribution in [3.8, 4) is 0 Å². The van der Waals surface area contributed by atoms with E-state index in [0.717, 1.165) is 25.1 Å². The number of nitrogens with zero attached hydrogens (tertiary/aromatic N) is 4. The second kappa shape index (κ2) is 6.66. The van der Waals surface area contributed by atoms with Gasteiger partial charge in [0.25, 0.3) is 0 Å². The second-order valence-electron chi connectivity index (χ2n) is 6.48. The molecule has 2 aliphatic rings. The first-order valence-electron chi connectivity index (χ1n) is 8.22. The number of aromatic nitrogens is 1. The third-order valence-corrected chi connectivity index (χ3v) is 4.71. The van der Waals surface area contributed by atoms with Gasteiger partial charge >= 0.3 is 0 Å². The Hall–Kier alpha value is -1.95. The molecule has 2 fully saturated rings. The number of carbonyl (C=O) groups is 2. The topological polar surface area (TPSA) is 56.8 Å². The first-order valence-corrected chi connectivity index (χ1v) is 8.22. The van der Waals surface area contributed by atoms with Gasteiger partial charge in [-0.25, -0.2) is 0 Å². The SMILES string of the molecule is CC(=O)N1CCN(C)C(C(=O)N(Cc2ccccn2)C2CC2)C1. The maximum atomic E-state index is 13.1. The van der Waals surface area contributed by atoms with Crippen LogP contribution in [0.3, 0.4) is 0 Å². The highest BCUT2D eigenvalue weighted by Gasteiger charge is 2.39. The lowest BCUT2D eigenvalue weighted by molar-refractivity contribution is -0.143. The number of rotatable bonds is 4. The van der Waals surface area contributed by atoms with E-state index in [0.29, 0.717) is 25.7 Å². The van der Waals surface area contributed by atoms with Crippen molar-refractivity contribution in [2.45, 2.75) is 38.4 Å². The quantitative estimate of drug-likeness (QED) is 0.822. The zero-order chi connectivity index (χ0) is 16.4. The third kappa shape index (κ3) is 3.69. The van der Waals surface area contributed by atoms with Crippen molar-refractivity contribution < 1.29 is 9.59 Å². The average molecular weight is 316 g/mol. The molecule has 3 rings (SSSR count). The van der Waals surface area contributed by atoms with Crippen LogP contribution in [0.4, 0.5) is 0 Å². The normalized spacial score (nSPS) is 22.0. The Kier molecular flexibility index (Phi) is 4.61. The van der Waals surface area contributed by atoms with E-state index in [1.54, 1.807) is 18.0 Å². The Balaban J connectivity index is 1.73. The van der Waals surface area contributed by atoms with Gasteiger partial charge in [0.2, 0.25) is 11.8 Å². The van der Waals surface area contributed by atoms with Gasteiger partial charge in [0.1, 0.15) is 6.04 Å². The Bertz CT molecular complexity index is 573. The molecule has 0 bridgehead atoms. The standard InChI is InChI=1S/C17H24N4O2/c1-13(22)20-10-9-19(2)16(12-20)17(23)21(15-6-7-15)11-14-5-3-4-8-18-14/h3-5,8,15-16H,6-7,9-12H2,1-2H3. The Morgan fingerprint density at radius 3 is 2.70 bits per heavy atom. The zero-order valence-electron chi connectivity index (χ0n) is 13.8. The lowest BCUT2D eigenvalue weighted by atomic mass is 10.1. The van der Waals surface area contributed by atoms with E-state index in [9.17, 15) is 9.59 Å². The van der Waals surface area contributed by atoms with Gasteiger partial charge in [0.05, 0.1) is 12.2 Å². The van der Waals surface area contributed by atoms with E-state index in [1.807, 2.05) is 30.1 Å². The highest BCUT2D eigenvalue weighted by atomic mass is 16.2. The van der Waals surface area contributed by atoms with Gasteiger partial charge in [0.15, 0.2) is 0 Å². The monoisotopic (exact) mass is 316 g/mol. The predicted octanol–water partition coefficient (Wildman–Crippen LogP) is 0.735. The third-order valence-electron chi connectivity index (χ3n) is 4.71. The number of piperazine rings is 1. The van der Waals surface area contributed by atoms with Crippen LogP contribution in [0.5, 0.6) is 0 Å². The molecular weight excluding hydrogens is 292 g/mol. The fourth-order valence-electron chi connectivity index (χ4n) is 3.06. The average Bonchev–Trinajstić information content (AvgIpc) is 3.38. The number of hydrogen-bond acceptors (Lipinski definition) is 4. The zero-order valence-corrected chi connectivity index (χ0v) is 13.8. The van der Waals surface area contributed by atoms with E-state index in [1.165, 1.54) is 0 Å². The highest BCUT2D eigenvalue weighted by Crippen LogP contribution is 2.29. The molecule has 1 aromatic rings. The van der Waals surface area contributed by atoms with Gasteiger partial charge in [-0.2, -0.15) is 0 Å². The Labute approximate surface area is 137 Å². The molecule has 1 aliphatic heterocycles. The van der Waals surface area contributed by atoms with E-state index in [2.05, 4.69) is 9.88 Å². The first-order chi connectivity index (χ1) is 11.1. The number of amides is 2. The number of carbonyl (C=O) groups excluding carboxylic acids is 2. The first kappa shape index (κ1) is 15.9. The van der Waals surface area contributed by atoms with Crippen LogP contribution in [0.15, 0.2) is 24.4 Å². The maximum Gasteiger partial charge on any atom is 0.242 e. The highest BCUT2D eigenvalue weighted by molar-refractivity contribution is 5.84. The summed E-state index contributed by atoms with van der Waals surface area (Å²) in [5.74, 6) is 0.158. The van der Waals surface area contributed by atoms with Crippen LogP contribution in [-0.2, 0) is 16.1 Å². The summed E-state index contributed by atoms with van der Waals surface area (Å²) in [7, 11) is 1.96. The maximum absolute atomic E-state index is 13.1. The molecule has 6 nitrogen and oxygen atoms in total. The summed E-state index contributed by atoms with van der Waals surface area (Å²) in [6.07, 6.45) is 3.88. The summed E-state index contributed by atoms with van der Waals surface area (Å²) >= 11 is 0. The Morgan fingerprint density at radius 2 is 2.09 bits per heavy atom. The van der Waals surface area contributed by atoms with E-state index in [4.69, 9.17) is 0 Å². The summed E-state index contributed by atoms with van der Waals surface area (Å²) in [6, 6.07) is 5.85. The van der Waals surface area contributed by atoms with E-state index in [-0.39, 0.29) is 17.9 Å². The van der Waals surface area contributed by atoms with Crippen LogP contribution < -0.4 is 0 Å². The largest absolute Gasteiger partial charge is 0.340 e. The molecule has 1 atom stereocenters. The molecule has 0 N–H and O–H groups in total. The Morgan fingerprint density at radius 1 is 1.30 bits per heavy atom. The van der Waals surface area contributed by atoms with Crippen molar-refractivity contribution in [2.75, 3.05) is 26.7 Å². The van der Waals surface area contributed by atoms with Crippen LogP contribution in [0, 0.1) is 0 Å². The molecule has 0 spiro atoms. The number of pyridine rings is 1. The summed E-state index contributed by atoms with van der Waals surface area (Å²) in [6.45, 7) is 4.03. The van der Waals surface area contributed by atoms with Crippen molar-refractivity contribution in [2.24, 2.45) is 0 Å². The fraction of sp³-hybridized carbons (Fsp3) is 0.588. The molecule has 0 radical (unpaired) electrons. The van der Waals surface area contributed by atoms with Gasteiger partial charge in [-0.1, -0.05) is 6.07 Å². The fourth-order valence-corrected chi connectivity index (χ4v) is 3.06. The lowest BCUT2D eigenvalue weighted by Crippen LogP contribution is -2.59.